The van der Waals surface area contributed by atoms with Crippen LogP contribution in [0, 0.1) is 5.92 Å². The van der Waals surface area contributed by atoms with Crippen molar-refractivity contribution < 1.29 is 4.79 Å². The molecule has 1 aromatic rings. The van der Waals surface area contributed by atoms with Gasteiger partial charge in [0.1, 0.15) is 0 Å². The van der Waals surface area contributed by atoms with Gasteiger partial charge in [0.05, 0.1) is 0 Å². The highest BCUT2D eigenvalue weighted by atomic mass is 16.2. The van der Waals surface area contributed by atoms with E-state index in [1.165, 1.54) is 24.0 Å². The largest absolute Gasteiger partial charge is 0.335 e. The maximum atomic E-state index is 12.9. The molecule has 2 fully saturated rings. The first-order valence-corrected chi connectivity index (χ1v) is 8.75. The van der Waals surface area contributed by atoms with E-state index in [2.05, 4.69) is 48.3 Å². The fraction of sp³-hybridized carbons (Fsp3) is 0.632. The van der Waals surface area contributed by atoms with Crippen LogP contribution >= 0.6 is 0 Å². The van der Waals surface area contributed by atoms with Crippen LogP contribution in [-0.2, 0) is 11.3 Å². The summed E-state index contributed by atoms with van der Waals surface area (Å²) >= 11 is 0. The standard InChI is InChI=1S/C19H28N2O/c1-14(2)16-5-3-15(4-6-16)13-21(18-7-8-18)19(22)17-9-11-20-12-10-17/h3-6,14,17-18,20H,7-13H2,1-2H3. The van der Waals surface area contributed by atoms with Gasteiger partial charge < -0.3 is 10.2 Å². The van der Waals surface area contributed by atoms with Crippen molar-refractivity contribution in [2.24, 2.45) is 5.92 Å². The van der Waals surface area contributed by atoms with Crippen LogP contribution in [0.4, 0.5) is 0 Å². The zero-order valence-corrected chi connectivity index (χ0v) is 13.8. The van der Waals surface area contributed by atoms with Gasteiger partial charge in [-0.2, -0.15) is 0 Å². The molecule has 1 aliphatic carbocycles. The molecule has 2 aliphatic rings. The van der Waals surface area contributed by atoms with Gasteiger partial charge in [0.15, 0.2) is 0 Å². The molecule has 1 N–H and O–H groups in total. The molecule has 1 heterocycles. The minimum absolute atomic E-state index is 0.233. The van der Waals surface area contributed by atoms with Gasteiger partial charge in [-0.05, 0) is 55.8 Å². The highest BCUT2D eigenvalue weighted by molar-refractivity contribution is 5.79. The van der Waals surface area contributed by atoms with Crippen molar-refractivity contribution >= 4 is 5.91 Å². The predicted molar refractivity (Wildman–Crippen MR) is 89.7 cm³/mol. The van der Waals surface area contributed by atoms with Crippen molar-refractivity contribution in [3.8, 4) is 0 Å². The van der Waals surface area contributed by atoms with Crippen LogP contribution in [0.5, 0.6) is 0 Å². The molecule has 0 atom stereocenters. The molecule has 3 heteroatoms. The maximum Gasteiger partial charge on any atom is 0.226 e. The third-order valence-corrected chi connectivity index (χ3v) is 4.96. The molecule has 1 aromatic carbocycles. The summed E-state index contributed by atoms with van der Waals surface area (Å²) in [5.74, 6) is 1.18. The first-order valence-electron chi connectivity index (χ1n) is 8.75. The van der Waals surface area contributed by atoms with Gasteiger partial charge in [0.25, 0.3) is 0 Å². The summed E-state index contributed by atoms with van der Waals surface area (Å²) in [6, 6.07) is 9.30. The van der Waals surface area contributed by atoms with Crippen molar-refractivity contribution in [1.29, 1.82) is 0 Å². The van der Waals surface area contributed by atoms with E-state index in [4.69, 9.17) is 0 Å². The van der Waals surface area contributed by atoms with Crippen molar-refractivity contribution in [3.63, 3.8) is 0 Å². The maximum absolute atomic E-state index is 12.9. The average molecular weight is 300 g/mol. The number of piperidine rings is 1. The molecule has 1 aliphatic heterocycles. The van der Waals surface area contributed by atoms with E-state index in [0.29, 0.717) is 17.9 Å². The number of amides is 1. The van der Waals surface area contributed by atoms with Gasteiger partial charge in [0.2, 0.25) is 5.91 Å². The molecular weight excluding hydrogens is 272 g/mol. The number of nitrogens with zero attached hydrogens (tertiary/aromatic N) is 1. The van der Waals surface area contributed by atoms with E-state index in [9.17, 15) is 4.79 Å². The Bertz CT molecular complexity index is 499. The summed E-state index contributed by atoms with van der Waals surface area (Å²) in [6.45, 7) is 7.18. The lowest BCUT2D eigenvalue weighted by Gasteiger charge is -2.30. The second kappa shape index (κ2) is 6.82. The quantitative estimate of drug-likeness (QED) is 0.905. The Hall–Kier alpha value is -1.35. The Kier molecular flexibility index (Phi) is 4.82. The molecule has 0 unspecified atom stereocenters. The van der Waals surface area contributed by atoms with Crippen LogP contribution in [0.1, 0.15) is 56.6 Å². The second-order valence-electron chi connectivity index (χ2n) is 7.12. The highest BCUT2D eigenvalue weighted by Crippen LogP contribution is 2.31. The third kappa shape index (κ3) is 3.70. The summed E-state index contributed by atoms with van der Waals surface area (Å²) in [5.41, 5.74) is 2.63. The first kappa shape index (κ1) is 15.5. The van der Waals surface area contributed by atoms with E-state index in [1.807, 2.05) is 0 Å². The fourth-order valence-corrected chi connectivity index (χ4v) is 3.28. The van der Waals surface area contributed by atoms with Crippen molar-refractivity contribution in [3.05, 3.63) is 35.4 Å². The minimum atomic E-state index is 0.233. The summed E-state index contributed by atoms with van der Waals surface area (Å²) < 4.78 is 0. The smallest absolute Gasteiger partial charge is 0.226 e. The van der Waals surface area contributed by atoms with Gasteiger partial charge in [0, 0.05) is 18.5 Å². The van der Waals surface area contributed by atoms with Crippen molar-refractivity contribution in [1.82, 2.24) is 10.2 Å². The normalized spacial score (nSPS) is 19.4. The predicted octanol–water partition coefficient (Wildman–Crippen LogP) is 3.30. The van der Waals surface area contributed by atoms with E-state index in [-0.39, 0.29) is 5.92 Å². The molecule has 22 heavy (non-hydrogen) atoms. The fourth-order valence-electron chi connectivity index (χ4n) is 3.28. The average Bonchev–Trinajstić information content (AvgIpc) is 3.38. The van der Waals surface area contributed by atoms with Crippen LogP contribution in [-0.4, -0.2) is 29.9 Å². The zero-order valence-electron chi connectivity index (χ0n) is 13.8. The molecule has 3 rings (SSSR count). The van der Waals surface area contributed by atoms with Crippen LogP contribution in [0.25, 0.3) is 0 Å². The molecule has 0 aromatic heterocycles. The molecule has 0 bridgehead atoms. The Balaban J connectivity index is 1.67. The zero-order chi connectivity index (χ0) is 15.5. The Labute approximate surface area is 134 Å². The van der Waals surface area contributed by atoms with E-state index < -0.39 is 0 Å². The van der Waals surface area contributed by atoms with Gasteiger partial charge >= 0.3 is 0 Å². The number of carbonyl (C=O) groups is 1. The molecule has 120 valence electrons. The van der Waals surface area contributed by atoms with E-state index in [0.717, 1.165) is 32.5 Å². The SMILES string of the molecule is CC(C)c1ccc(CN(C(=O)C2CCNCC2)C2CC2)cc1. The molecule has 3 nitrogen and oxygen atoms in total. The summed E-state index contributed by atoms with van der Waals surface area (Å²) in [4.78, 5) is 15.0. The van der Waals surface area contributed by atoms with Gasteiger partial charge in [-0.1, -0.05) is 38.1 Å². The summed E-state index contributed by atoms with van der Waals surface area (Å²) in [6.07, 6.45) is 4.35. The van der Waals surface area contributed by atoms with Gasteiger partial charge in [-0.25, -0.2) is 0 Å². The number of rotatable bonds is 5. The molecular formula is C19H28N2O. The third-order valence-electron chi connectivity index (χ3n) is 4.96. The molecule has 1 amide bonds. The molecule has 1 saturated carbocycles. The molecule has 0 radical (unpaired) electrons. The van der Waals surface area contributed by atoms with E-state index in [1.54, 1.807) is 0 Å². The van der Waals surface area contributed by atoms with Crippen LogP contribution in [0.15, 0.2) is 24.3 Å². The minimum Gasteiger partial charge on any atom is -0.335 e. The van der Waals surface area contributed by atoms with Gasteiger partial charge in [-0.3, -0.25) is 4.79 Å². The van der Waals surface area contributed by atoms with Gasteiger partial charge in [-0.15, -0.1) is 0 Å². The second-order valence-corrected chi connectivity index (χ2v) is 7.12. The number of carbonyl (C=O) groups excluding carboxylic acids is 1. The molecule has 1 saturated heterocycles. The summed E-state index contributed by atoms with van der Waals surface area (Å²) in [5, 5.41) is 3.35. The monoisotopic (exact) mass is 300 g/mol. The Morgan fingerprint density at radius 1 is 1.14 bits per heavy atom. The van der Waals surface area contributed by atoms with Crippen LogP contribution in [0.3, 0.4) is 0 Å². The number of nitrogens with one attached hydrogen (secondary N) is 1. The number of hydrogen-bond donors (Lipinski definition) is 1. The van der Waals surface area contributed by atoms with Crippen LogP contribution in [0.2, 0.25) is 0 Å². The lowest BCUT2D eigenvalue weighted by molar-refractivity contribution is -0.137. The van der Waals surface area contributed by atoms with Crippen molar-refractivity contribution in [2.45, 2.75) is 58.0 Å². The topological polar surface area (TPSA) is 32.3 Å². The van der Waals surface area contributed by atoms with Crippen LogP contribution < -0.4 is 5.32 Å². The lowest BCUT2D eigenvalue weighted by atomic mass is 9.96. The lowest BCUT2D eigenvalue weighted by Crippen LogP contribution is -2.41. The van der Waals surface area contributed by atoms with E-state index >= 15 is 0 Å². The summed E-state index contributed by atoms with van der Waals surface area (Å²) in [7, 11) is 0. The van der Waals surface area contributed by atoms with Crippen molar-refractivity contribution in [2.75, 3.05) is 13.1 Å². The highest BCUT2D eigenvalue weighted by Gasteiger charge is 2.36. The Morgan fingerprint density at radius 2 is 1.77 bits per heavy atom. The molecule has 0 spiro atoms. The first-order chi connectivity index (χ1) is 10.6. The number of hydrogen-bond acceptors (Lipinski definition) is 2. The number of benzene rings is 1. The Morgan fingerprint density at radius 3 is 2.32 bits per heavy atom.